The molecule has 4 rings (SSSR count). The maximum absolute atomic E-state index is 12.6. The maximum Gasteiger partial charge on any atom is 0.241 e. The van der Waals surface area contributed by atoms with Gasteiger partial charge in [0.25, 0.3) is 0 Å². The van der Waals surface area contributed by atoms with Crippen molar-refractivity contribution in [2.45, 2.75) is 25.1 Å². The third-order valence-electron chi connectivity index (χ3n) is 4.38. The summed E-state index contributed by atoms with van der Waals surface area (Å²) in [5.74, 6) is 0.777. The molecule has 4 nitrogen and oxygen atoms in total. The minimum absolute atomic E-state index is 0.0327. The van der Waals surface area contributed by atoms with Crippen molar-refractivity contribution in [1.29, 1.82) is 0 Å². The van der Waals surface area contributed by atoms with Gasteiger partial charge in [-0.1, -0.05) is 35.9 Å². The predicted octanol–water partition coefficient (Wildman–Crippen LogP) is 3.31. The highest BCUT2D eigenvalue weighted by atomic mass is 35.5. The van der Waals surface area contributed by atoms with Gasteiger partial charge in [0.05, 0.1) is 11.7 Å². The number of likely N-dealkylation sites (tertiary alicyclic amines) is 1. The number of carbonyl (C=O) groups is 1. The second kappa shape index (κ2) is 5.87. The first-order chi connectivity index (χ1) is 11.2. The van der Waals surface area contributed by atoms with Gasteiger partial charge in [0.15, 0.2) is 0 Å². The minimum Gasteiger partial charge on any atom is -0.487 e. The number of carbonyl (C=O) groups excluding carboxylic acids is 1. The number of amides is 1. The van der Waals surface area contributed by atoms with Gasteiger partial charge in [0, 0.05) is 24.5 Å². The molecular formula is C18H17ClN2O2. The molecule has 5 heteroatoms. The molecule has 23 heavy (non-hydrogen) atoms. The summed E-state index contributed by atoms with van der Waals surface area (Å²) in [7, 11) is 0. The summed E-state index contributed by atoms with van der Waals surface area (Å²) in [4.78, 5) is 14.8. The van der Waals surface area contributed by atoms with E-state index in [9.17, 15) is 4.79 Å². The van der Waals surface area contributed by atoms with Gasteiger partial charge in [0.2, 0.25) is 5.91 Å². The van der Waals surface area contributed by atoms with E-state index >= 15 is 0 Å². The molecule has 2 heterocycles. The number of fused-ring (bicyclic) bond motifs is 3. The van der Waals surface area contributed by atoms with Crippen molar-refractivity contribution >= 4 is 23.2 Å². The van der Waals surface area contributed by atoms with Crippen LogP contribution in [0.4, 0.5) is 5.69 Å². The number of nitrogens with one attached hydrogen (secondary N) is 1. The summed E-state index contributed by atoms with van der Waals surface area (Å²) < 4.78 is 6.09. The monoisotopic (exact) mass is 328 g/mol. The number of para-hydroxylation sites is 2. The van der Waals surface area contributed by atoms with Gasteiger partial charge in [0.1, 0.15) is 11.9 Å². The average Bonchev–Trinajstić information content (AvgIpc) is 2.92. The highest BCUT2D eigenvalue weighted by Gasteiger charge is 2.39. The predicted molar refractivity (Wildman–Crippen MR) is 89.8 cm³/mol. The molecule has 2 bridgehead atoms. The first kappa shape index (κ1) is 14.5. The Kier molecular flexibility index (Phi) is 3.71. The number of anilines is 1. The smallest absolute Gasteiger partial charge is 0.241 e. The molecule has 2 aromatic rings. The number of nitrogens with zero attached hydrogens (tertiary/aromatic N) is 1. The molecule has 2 aliphatic heterocycles. The van der Waals surface area contributed by atoms with Gasteiger partial charge in [-0.25, -0.2) is 0 Å². The van der Waals surface area contributed by atoms with E-state index < -0.39 is 0 Å². The molecule has 2 atom stereocenters. The van der Waals surface area contributed by atoms with Crippen LogP contribution < -0.4 is 10.1 Å². The van der Waals surface area contributed by atoms with Crippen molar-refractivity contribution in [1.82, 2.24) is 4.90 Å². The van der Waals surface area contributed by atoms with Gasteiger partial charge in [-0.15, -0.1) is 0 Å². The Hall–Kier alpha value is -2.04. The molecule has 0 radical (unpaired) electrons. The van der Waals surface area contributed by atoms with Crippen LogP contribution in [0.25, 0.3) is 0 Å². The van der Waals surface area contributed by atoms with Crippen LogP contribution in [0.5, 0.6) is 5.75 Å². The number of benzene rings is 2. The highest BCUT2D eigenvalue weighted by Crippen LogP contribution is 2.33. The lowest BCUT2D eigenvalue weighted by molar-refractivity contribution is -0.120. The Morgan fingerprint density at radius 1 is 1.22 bits per heavy atom. The Morgan fingerprint density at radius 3 is 2.96 bits per heavy atom. The zero-order valence-corrected chi connectivity index (χ0v) is 13.3. The van der Waals surface area contributed by atoms with Crippen LogP contribution in [0.15, 0.2) is 48.5 Å². The van der Waals surface area contributed by atoms with Crippen LogP contribution in [0, 0.1) is 0 Å². The van der Waals surface area contributed by atoms with Gasteiger partial charge >= 0.3 is 0 Å². The molecule has 0 saturated carbocycles. The number of hydrogen-bond donors (Lipinski definition) is 1. The topological polar surface area (TPSA) is 41.6 Å². The number of ether oxygens (including phenoxy) is 1. The summed E-state index contributed by atoms with van der Waals surface area (Å²) >= 11 is 6.06. The zero-order valence-electron chi connectivity index (χ0n) is 12.5. The van der Waals surface area contributed by atoms with E-state index in [4.69, 9.17) is 16.3 Å². The minimum atomic E-state index is -0.174. The van der Waals surface area contributed by atoms with Crippen molar-refractivity contribution in [2.24, 2.45) is 0 Å². The Balaban J connectivity index is 1.58. The molecule has 0 spiro atoms. The molecule has 0 unspecified atom stereocenters. The van der Waals surface area contributed by atoms with E-state index in [1.165, 1.54) is 0 Å². The number of hydrogen-bond acceptors (Lipinski definition) is 3. The molecular weight excluding hydrogens is 312 g/mol. The van der Waals surface area contributed by atoms with Crippen molar-refractivity contribution in [3.8, 4) is 5.75 Å². The van der Waals surface area contributed by atoms with E-state index in [0.717, 1.165) is 23.5 Å². The van der Waals surface area contributed by atoms with Gasteiger partial charge in [-0.05, 0) is 29.8 Å². The van der Waals surface area contributed by atoms with Crippen LogP contribution in [-0.4, -0.2) is 29.5 Å². The SMILES string of the molecule is O=C1Nc2ccccc2O[C@H]2C[C@@H]1N(Cc1cccc(Cl)c1)C2. The lowest BCUT2D eigenvalue weighted by atomic mass is 10.1. The summed E-state index contributed by atoms with van der Waals surface area (Å²) in [6, 6.07) is 15.2. The third kappa shape index (κ3) is 2.92. The van der Waals surface area contributed by atoms with Crippen LogP contribution in [-0.2, 0) is 11.3 Å². The lowest BCUT2D eigenvalue weighted by Crippen LogP contribution is -2.39. The molecule has 1 saturated heterocycles. The molecule has 118 valence electrons. The fraction of sp³-hybridized carbons (Fsp3) is 0.278. The summed E-state index contributed by atoms with van der Waals surface area (Å²) in [5, 5.41) is 3.70. The van der Waals surface area contributed by atoms with Gasteiger partial charge < -0.3 is 10.1 Å². The second-order valence-corrected chi connectivity index (χ2v) is 6.47. The summed E-state index contributed by atoms with van der Waals surface area (Å²) in [5.41, 5.74) is 1.85. The van der Waals surface area contributed by atoms with Crippen molar-refractivity contribution in [3.05, 3.63) is 59.1 Å². The standard InChI is InChI=1S/C18H17ClN2O2/c19-13-5-3-4-12(8-13)10-21-11-14-9-16(21)18(22)20-15-6-1-2-7-17(15)23-14/h1-8,14,16H,9-11H2,(H,20,22)/t14-,16-/m0/s1. The van der Waals surface area contributed by atoms with Gasteiger partial charge in [-0.2, -0.15) is 0 Å². The fourth-order valence-electron chi connectivity index (χ4n) is 3.33. The van der Waals surface area contributed by atoms with E-state index in [2.05, 4.69) is 10.2 Å². The Labute approximate surface area is 140 Å². The molecule has 0 aromatic heterocycles. The third-order valence-corrected chi connectivity index (χ3v) is 4.62. The quantitative estimate of drug-likeness (QED) is 0.919. The van der Waals surface area contributed by atoms with Gasteiger partial charge in [-0.3, -0.25) is 9.69 Å². The summed E-state index contributed by atoms with van der Waals surface area (Å²) in [6.07, 6.45) is 0.743. The van der Waals surface area contributed by atoms with Crippen molar-refractivity contribution in [3.63, 3.8) is 0 Å². The molecule has 2 aromatic carbocycles. The Bertz CT molecular complexity index is 749. The van der Waals surface area contributed by atoms with Crippen molar-refractivity contribution < 1.29 is 9.53 Å². The number of rotatable bonds is 2. The zero-order chi connectivity index (χ0) is 15.8. The van der Waals surface area contributed by atoms with Crippen LogP contribution >= 0.6 is 11.6 Å². The highest BCUT2D eigenvalue weighted by molar-refractivity contribution is 6.30. The van der Waals surface area contributed by atoms with E-state index in [1.54, 1.807) is 0 Å². The normalized spacial score (nSPS) is 23.4. The largest absolute Gasteiger partial charge is 0.487 e. The fourth-order valence-corrected chi connectivity index (χ4v) is 3.55. The molecule has 1 N–H and O–H groups in total. The first-order valence-corrected chi connectivity index (χ1v) is 8.12. The first-order valence-electron chi connectivity index (χ1n) is 7.74. The average molecular weight is 329 g/mol. The second-order valence-electron chi connectivity index (χ2n) is 6.04. The van der Waals surface area contributed by atoms with Crippen molar-refractivity contribution in [2.75, 3.05) is 11.9 Å². The molecule has 1 fully saturated rings. The molecule has 2 aliphatic rings. The Morgan fingerprint density at radius 2 is 2.09 bits per heavy atom. The molecule has 1 amide bonds. The lowest BCUT2D eigenvalue weighted by Gasteiger charge is -2.23. The summed E-state index contributed by atoms with van der Waals surface area (Å²) in [6.45, 7) is 1.42. The van der Waals surface area contributed by atoms with E-state index in [1.807, 2.05) is 48.5 Å². The maximum atomic E-state index is 12.6. The number of halogens is 1. The molecule has 0 aliphatic carbocycles. The van der Waals surface area contributed by atoms with E-state index in [0.29, 0.717) is 18.0 Å². The van der Waals surface area contributed by atoms with Crippen LogP contribution in [0.2, 0.25) is 5.02 Å². The van der Waals surface area contributed by atoms with Crippen LogP contribution in [0.1, 0.15) is 12.0 Å². The van der Waals surface area contributed by atoms with E-state index in [-0.39, 0.29) is 18.1 Å². The van der Waals surface area contributed by atoms with Crippen LogP contribution in [0.3, 0.4) is 0 Å².